The Morgan fingerprint density at radius 3 is 2.63 bits per heavy atom. The van der Waals surface area contributed by atoms with Gasteiger partial charge < -0.3 is 9.47 Å². The van der Waals surface area contributed by atoms with Crippen LogP contribution in [-0.4, -0.2) is 40.6 Å². The SMILES string of the molecule is CCN(CC)C(=O)N(C)c1ccc2c(c1)ncn2C. The summed E-state index contributed by atoms with van der Waals surface area (Å²) in [5.74, 6) is 0. The van der Waals surface area contributed by atoms with Crippen molar-refractivity contribution in [2.75, 3.05) is 25.0 Å². The maximum Gasteiger partial charge on any atom is 0.324 e. The van der Waals surface area contributed by atoms with Crippen molar-refractivity contribution in [3.05, 3.63) is 24.5 Å². The highest BCUT2D eigenvalue weighted by atomic mass is 16.2. The molecule has 2 rings (SSSR count). The van der Waals surface area contributed by atoms with Gasteiger partial charge >= 0.3 is 6.03 Å². The molecule has 0 bridgehead atoms. The van der Waals surface area contributed by atoms with Gasteiger partial charge in [0.25, 0.3) is 0 Å². The lowest BCUT2D eigenvalue weighted by Crippen LogP contribution is -2.41. The molecule has 0 unspecified atom stereocenters. The van der Waals surface area contributed by atoms with Crippen LogP contribution in [0.5, 0.6) is 0 Å². The molecule has 2 amide bonds. The number of carbonyl (C=O) groups is 1. The fourth-order valence-corrected chi connectivity index (χ4v) is 2.15. The fourth-order valence-electron chi connectivity index (χ4n) is 2.15. The van der Waals surface area contributed by atoms with E-state index >= 15 is 0 Å². The summed E-state index contributed by atoms with van der Waals surface area (Å²) in [4.78, 5) is 20.1. The Hall–Kier alpha value is -2.04. The van der Waals surface area contributed by atoms with E-state index in [2.05, 4.69) is 4.98 Å². The fraction of sp³-hybridized carbons (Fsp3) is 0.429. The number of urea groups is 1. The zero-order valence-electron chi connectivity index (χ0n) is 11.9. The number of fused-ring (bicyclic) bond motifs is 1. The van der Waals surface area contributed by atoms with Gasteiger partial charge in [-0.25, -0.2) is 9.78 Å². The average molecular weight is 260 g/mol. The average Bonchev–Trinajstić information content (AvgIpc) is 2.80. The number of aromatic nitrogens is 2. The first kappa shape index (κ1) is 13.4. The Kier molecular flexibility index (Phi) is 3.74. The third kappa shape index (κ3) is 2.41. The molecule has 5 heteroatoms. The second kappa shape index (κ2) is 5.30. The van der Waals surface area contributed by atoms with Gasteiger partial charge in [-0.3, -0.25) is 4.90 Å². The Labute approximate surface area is 113 Å². The van der Waals surface area contributed by atoms with Crippen LogP contribution in [0.3, 0.4) is 0 Å². The van der Waals surface area contributed by atoms with Gasteiger partial charge in [0.2, 0.25) is 0 Å². The minimum atomic E-state index is 0.0141. The standard InChI is InChI=1S/C14H20N4O/c1-5-18(6-2)14(19)17(4)11-7-8-13-12(9-11)15-10-16(13)3/h7-10H,5-6H2,1-4H3. The number of carbonyl (C=O) groups excluding carboxylic acids is 1. The van der Waals surface area contributed by atoms with E-state index in [9.17, 15) is 4.79 Å². The summed E-state index contributed by atoms with van der Waals surface area (Å²) in [5, 5.41) is 0. The number of nitrogens with zero attached hydrogens (tertiary/aromatic N) is 4. The Bertz CT molecular complexity index is 586. The van der Waals surface area contributed by atoms with Crippen molar-refractivity contribution in [2.45, 2.75) is 13.8 Å². The summed E-state index contributed by atoms with van der Waals surface area (Å²) < 4.78 is 1.96. The number of hydrogen-bond donors (Lipinski definition) is 0. The molecule has 2 aromatic rings. The van der Waals surface area contributed by atoms with E-state index in [1.54, 1.807) is 23.2 Å². The quantitative estimate of drug-likeness (QED) is 0.850. The Balaban J connectivity index is 2.30. The molecule has 0 saturated carbocycles. The van der Waals surface area contributed by atoms with E-state index in [4.69, 9.17) is 0 Å². The molecule has 0 aliphatic carbocycles. The molecule has 5 nitrogen and oxygen atoms in total. The van der Waals surface area contributed by atoms with Crippen LogP contribution in [-0.2, 0) is 7.05 Å². The van der Waals surface area contributed by atoms with Crippen LogP contribution in [0.1, 0.15) is 13.8 Å². The molecule has 19 heavy (non-hydrogen) atoms. The summed E-state index contributed by atoms with van der Waals surface area (Å²) in [5.41, 5.74) is 2.83. The lowest BCUT2D eigenvalue weighted by atomic mass is 10.2. The summed E-state index contributed by atoms with van der Waals surface area (Å²) in [6.07, 6.45) is 1.78. The van der Waals surface area contributed by atoms with Crippen molar-refractivity contribution in [1.82, 2.24) is 14.5 Å². The molecule has 0 aliphatic rings. The van der Waals surface area contributed by atoms with Gasteiger partial charge in [-0.05, 0) is 32.0 Å². The summed E-state index contributed by atoms with van der Waals surface area (Å²) in [7, 11) is 3.75. The first-order valence-corrected chi connectivity index (χ1v) is 6.52. The van der Waals surface area contributed by atoms with Gasteiger partial charge in [-0.1, -0.05) is 0 Å². The third-order valence-electron chi connectivity index (χ3n) is 3.42. The number of imidazole rings is 1. The zero-order chi connectivity index (χ0) is 14.0. The van der Waals surface area contributed by atoms with E-state index in [1.807, 2.05) is 43.7 Å². The van der Waals surface area contributed by atoms with E-state index in [0.29, 0.717) is 13.1 Å². The summed E-state index contributed by atoms with van der Waals surface area (Å²) >= 11 is 0. The van der Waals surface area contributed by atoms with Crippen LogP contribution in [0.2, 0.25) is 0 Å². The van der Waals surface area contributed by atoms with Crippen LogP contribution in [0.25, 0.3) is 11.0 Å². The highest BCUT2D eigenvalue weighted by Crippen LogP contribution is 2.20. The normalized spacial score (nSPS) is 10.7. The van der Waals surface area contributed by atoms with Crippen LogP contribution in [0.4, 0.5) is 10.5 Å². The van der Waals surface area contributed by atoms with E-state index < -0.39 is 0 Å². The highest BCUT2D eigenvalue weighted by Gasteiger charge is 2.16. The lowest BCUT2D eigenvalue weighted by Gasteiger charge is -2.26. The van der Waals surface area contributed by atoms with E-state index in [-0.39, 0.29) is 6.03 Å². The molecular formula is C14H20N4O. The van der Waals surface area contributed by atoms with Crippen molar-refractivity contribution in [3.63, 3.8) is 0 Å². The van der Waals surface area contributed by atoms with Crippen LogP contribution >= 0.6 is 0 Å². The molecule has 0 N–H and O–H groups in total. The van der Waals surface area contributed by atoms with Crippen LogP contribution in [0, 0.1) is 0 Å². The van der Waals surface area contributed by atoms with Crippen molar-refractivity contribution in [2.24, 2.45) is 7.05 Å². The number of hydrogen-bond acceptors (Lipinski definition) is 2. The second-order valence-corrected chi connectivity index (χ2v) is 4.54. The molecule has 0 aliphatic heterocycles. The lowest BCUT2D eigenvalue weighted by molar-refractivity contribution is 0.211. The Morgan fingerprint density at radius 1 is 1.32 bits per heavy atom. The monoisotopic (exact) mass is 260 g/mol. The van der Waals surface area contributed by atoms with E-state index in [0.717, 1.165) is 16.7 Å². The van der Waals surface area contributed by atoms with Gasteiger partial charge in [0.1, 0.15) is 0 Å². The van der Waals surface area contributed by atoms with Crippen LogP contribution < -0.4 is 4.90 Å². The number of rotatable bonds is 3. The van der Waals surface area contributed by atoms with Gasteiger partial charge in [0, 0.05) is 32.9 Å². The molecule has 0 fully saturated rings. The number of anilines is 1. The minimum Gasteiger partial charge on any atom is -0.334 e. The predicted octanol–water partition coefficient (Wildman–Crippen LogP) is 2.47. The second-order valence-electron chi connectivity index (χ2n) is 4.54. The molecular weight excluding hydrogens is 240 g/mol. The smallest absolute Gasteiger partial charge is 0.324 e. The first-order valence-electron chi connectivity index (χ1n) is 6.52. The van der Waals surface area contributed by atoms with Crippen molar-refractivity contribution in [3.8, 4) is 0 Å². The largest absolute Gasteiger partial charge is 0.334 e. The highest BCUT2D eigenvalue weighted by molar-refractivity contribution is 5.93. The van der Waals surface area contributed by atoms with Crippen molar-refractivity contribution < 1.29 is 4.79 Å². The maximum absolute atomic E-state index is 12.3. The summed E-state index contributed by atoms with van der Waals surface area (Å²) in [6.45, 7) is 5.39. The predicted molar refractivity (Wildman–Crippen MR) is 77.4 cm³/mol. The third-order valence-corrected chi connectivity index (χ3v) is 3.42. The van der Waals surface area contributed by atoms with Crippen molar-refractivity contribution >= 4 is 22.8 Å². The molecule has 0 spiro atoms. The number of benzene rings is 1. The van der Waals surface area contributed by atoms with Crippen molar-refractivity contribution in [1.29, 1.82) is 0 Å². The van der Waals surface area contributed by atoms with Gasteiger partial charge in [0.05, 0.1) is 17.4 Å². The Morgan fingerprint density at radius 2 is 2.00 bits per heavy atom. The molecule has 1 aromatic carbocycles. The number of aryl methyl sites for hydroxylation is 1. The first-order chi connectivity index (χ1) is 9.08. The molecule has 102 valence electrons. The number of amides is 2. The van der Waals surface area contributed by atoms with Gasteiger partial charge in [0.15, 0.2) is 0 Å². The van der Waals surface area contributed by atoms with Crippen LogP contribution in [0.15, 0.2) is 24.5 Å². The molecule has 1 heterocycles. The topological polar surface area (TPSA) is 41.4 Å². The van der Waals surface area contributed by atoms with Gasteiger partial charge in [-0.15, -0.1) is 0 Å². The van der Waals surface area contributed by atoms with Gasteiger partial charge in [-0.2, -0.15) is 0 Å². The molecule has 0 radical (unpaired) electrons. The maximum atomic E-state index is 12.3. The molecule has 1 aromatic heterocycles. The molecule has 0 saturated heterocycles. The minimum absolute atomic E-state index is 0.0141. The summed E-state index contributed by atoms with van der Waals surface area (Å²) in [6, 6.07) is 5.89. The van der Waals surface area contributed by atoms with E-state index in [1.165, 1.54) is 0 Å². The zero-order valence-corrected chi connectivity index (χ0v) is 11.9. The molecule has 0 atom stereocenters.